The van der Waals surface area contributed by atoms with Gasteiger partial charge in [0.2, 0.25) is 5.91 Å². The van der Waals surface area contributed by atoms with Crippen molar-refractivity contribution in [3.8, 4) is 0 Å². The zero-order chi connectivity index (χ0) is 27.1. The number of nitrogens with one attached hydrogen (secondary N) is 1. The lowest BCUT2D eigenvalue weighted by Gasteiger charge is -2.29. The van der Waals surface area contributed by atoms with Crippen LogP contribution in [0.25, 0.3) is 0 Å². The summed E-state index contributed by atoms with van der Waals surface area (Å²) in [6, 6.07) is 15.6. The van der Waals surface area contributed by atoms with E-state index >= 15 is 0 Å². The number of carbonyl (C=O) groups excluding carboxylic acids is 1. The van der Waals surface area contributed by atoms with E-state index in [0.717, 1.165) is 23.6 Å². The number of hydrogen-bond acceptors (Lipinski definition) is 8. The van der Waals surface area contributed by atoms with Gasteiger partial charge in [0.15, 0.2) is 6.17 Å². The van der Waals surface area contributed by atoms with Crippen LogP contribution in [0.5, 0.6) is 0 Å². The van der Waals surface area contributed by atoms with E-state index in [0.29, 0.717) is 11.3 Å². The van der Waals surface area contributed by atoms with Gasteiger partial charge in [0.25, 0.3) is 0 Å². The van der Waals surface area contributed by atoms with E-state index in [-0.39, 0.29) is 32.0 Å². The molecule has 0 saturated carbocycles. The summed E-state index contributed by atoms with van der Waals surface area (Å²) < 4.78 is 27.2. The Labute approximate surface area is 219 Å². The largest absolute Gasteiger partial charge is 0.390 e. The van der Waals surface area contributed by atoms with Gasteiger partial charge in [-0.1, -0.05) is 42.5 Å². The third-order valence-corrected chi connectivity index (χ3v) is 6.22. The second kappa shape index (κ2) is 12.6. The molecular weight excluding hydrogens is 492 g/mol. The SMILES string of the molecule is CCc1cccc(CN(C[C@@H](O)[C@@H](N)Cc2cc(F)cc(F)c2)C(=O)CN2N=NC(c3ccccn3)N2)c1. The number of aromatic nitrogens is 1. The summed E-state index contributed by atoms with van der Waals surface area (Å²) in [4.78, 5) is 19.1. The third kappa shape index (κ3) is 7.37. The highest BCUT2D eigenvalue weighted by molar-refractivity contribution is 5.78. The maximum Gasteiger partial charge on any atom is 0.246 e. The summed E-state index contributed by atoms with van der Waals surface area (Å²) in [6.07, 6.45) is 0.872. The molecule has 0 bridgehead atoms. The van der Waals surface area contributed by atoms with E-state index in [1.807, 2.05) is 37.3 Å². The van der Waals surface area contributed by atoms with Gasteiger partial charge in [0.05, 0.1) is 11.8 Å². The number of halogens is 2. The van der Waals surface area contributed by atoms with Crippen molar-refractivity contribution in [1.29, 1.82) is 0 Å². The maximum atomic E-state index is 13.6. The molecule has 2 aromatic carbocycles. The Kier molecular flexibility index (Phi) is 9.06. The van der Waals surface area contributed by atoms with Crippen LogP contribution in [-0.2, 0) is 24.2 Å². The van der Waals surface area contributed by atoms with Crippen LogP contribution >= 0.6 is 0 Å². The summed E-state index contributed by atoms with van der Waals surface area (Å²) in [7, 11) is 0. The molecule has 1 aliphatic heterocycles. The van der Waals surface area contributed by atoms with Gasteiger partial charge in [-0.2, -0.15) is 10.5 Å². The molecular formula is C27H31F2N7O2. The minimum atomic E-state index is -1.14. The number of amides is 1. The van der Waals surface area contributed by atoms with Crippen molar-refractivity contribution >= 4 is 5.91 Å². The standard InChI is InChI=1S/C27H31F2N7O2/c1-2-18-6-5-7-19(10-18)15-35(16-25(37)23(30)13-20-11-21(28)14-22(29)12-20)26(38)17-36-33-27(32-34-36)24-8-3-4-9-31-24/h3-12,14,23,25,27,33,37H,2,13,15-17,30H2,1H3/t23-,25+,27?/m0/s1. The van der Waals surface area contributed by atoms with Crippen molar-refractivity contribution in [2.45, 2.75) is 44.6 Å². The Morgan fingerprint density at radius 1 is 1.11 bits per heavy atom. The lowest BCUT2D eigenvalue weighted by atomic mass is 10.0. The number of hydrazine groups is 1. The first-order valence-corrected chi connectivity index (χ1v) is 12.4. The van der Waals surface area contributed by atoms with Crippen LogP contribution in [0.2, 0.25) is 0 Å². The molecule has 0 radical (unpaired) electrons. The van der Waals surface area contributed by atoms with E-state index in [1.54, 1.807) is 18.3 Å². The van der Waals surface area contributed by atoms with Gasteiger partial charge in [-0.3, -0.25) is 9.78 Å². The number of aryl methyl sites for hydroxylation is 1. The number of nitrogens with two attached hydrogens (primary N) is 1. The Balaban J connectivity index is 1.44. The Bertz CT molecular complexity index is 1240. The first kappa shape index (κ1) is 27.2. The number of nitrogens with zero attached hydrogens (tertiary/aromatic N) is 5. The van der Waals surface area contributed by atoms with Crippen LogP contribution < -0.4 is 11.2 Å². The molecule has 1 aromatic heterocycles. The second-order valence-corrected chi connectivity index (χ2v) is 9.21. The van der Waals surface area contributed by atoms with Gasteiger partial charge >= 0.3 is 0 Å². The highest BCUT2D eigenvalue weighted by Gasteiger charge is 2.27. The van der Waals surface area contributed by atoms with E-state index in [1.165, 1.54) is 22.2 Å². The van der Waals surface area contributed by atoms with E-state index < -0.39 is 29.9 Å². The molecule has 38 heavy (non-hydrogen) atoms. The first-order chi connectivity index (χ1) is 18.3. The molecule has 2 heterocycles. The Morgan fingerprint density at radius 2 is 1.87 bits per heavy atom. The molecule has 9 nitrogen and oxygen atoms in total. The fraction of sp³-hybridized carbons (Fsp3) is 0.333. The predicted molar refractivity (Wildman–Crippen MR) is 137 cm³/mol. The predicted octanol–water partition coefficient (Wildman–Crippen LogP) is 3.07. The number of pyridine rings is 1. The molecule has 1 amide bonds. The first-order valence-electron chi connectivity index (χ1n) is 12.4. The molecule has 4 rings (SSSR count). The molecule has 0 aliphatic carbocycles. The molecule has 0 spiro atoms. The summed E-state index contributed by atoms with van der Waals surface area (Å²) in [5, 5.41) is 20.4. The molecule has 1 unspecified atom stereocenters. The number of benzene rings is 2. The van der Waals surface area contributed by atoms with Gasteiger partial charge in [-0.05, 0) is 53.8 Å². The fourth-order valence-corrected chi connectivity index (χ4v) is 4.20. The Morgan fingerprint density at radius 3 is 2.58 bits per heavy atom. The summed E-state index contributed by atoms with van der Waals surface area (Å²) in [6.45, 7) is 2.06. The van der Waals surface area contributed by atoms with Crippen LogP contribution in [0, 0.1) is 11.6 Å². The zero-order valence-electron chi connectivity index (χ0n) is 21.0. The third-order valence-electron chi connectivity index (χ3n) is 6.22. The number of aliphatic hydroxyl groups is 1. The minimum Gasteiger partial charge on any atom is -0.390 e. The second-order valence-electron chi connectivity index (χ2n) is 9.21. The van der Waals surface area contributed by atoms with Crippen molar-refractivity contribution in [2.75, 3.05) is 13.1 Å². The topological polar surface area (TPSA) is 119 Å². The molecule has 11 heteroatoms. The average molecular weight is 524 g/mol. The van der Waals surface area contributed by atoms with Crippen molar-refractivity contribution < 1.29 is 18.7 Å². The molecule has 3 aromatic rings. The van der Waals surface area contributed by atoms with E-state index in [4.69, 9.17) is 5.73 Å². The quantitative estimate of drug-likeness (QED) is 0.355. The monoisotopic (exact) mass is 523 g/mol. The van der Waals surface area contributed by atoms with Gasteiger partial charge in [-0.15, -0.1) is 5.11 Å². The van der Waals surface area contributed by atoms with Gasteiger partial charge in [-0.25, -0.2) is 8.78 Å². The number of hydrogen-bond donors (Lipinski definition) is 3. The molecule has 1 aliphatic rings. The summed E-state index contributed by atoms with van der Waals surface area (Å²) in [5.74, 6) is -1.75. The van der Waals surface area contributed by atoms with Crippen molar-refractivity contribution in [3.63, 3.8) is 0 Å². The van der Waals surface area contributed by atoms with Gasteiger partial charge in [0.1, 0.15) is 18.2 Å². The lowest BCUT2D eigenvalue weighted by Crippen LogP contribution is -2.49. The van der Waals surface area contributed by atoms with Crippen molar-refractivity contribution in [1.82, 2.24) is 20.4 Å². The maximum absolute atomic E-state index is 13.6. The fourth-order valence-electron chi connectivity index (χ4n) is 4.20. The lowest BCUT2D eigenvalue weighted by molar-refractivity contribution is -0.135. The smallest absolute Gasteiger partial charge is 0.246 e. The van der Waals surface area contributed by atoms with E-state index in [9.17, 15) is 18.7 Å². The number of carbonyl (C=O) groups is 1. The van der Waals surface area contributed by atoms with Crippen LogP contribution in [0.4, 0.5) is 8.78 Å². The molecule has 0 saturated heterocycles. The van der Waals surface area contributed by atoms with Crippen molar-refractivity contribution in [2.24, 2.45) is 16.1 Å². The van der Waals surface area contributed by atoms with Gasteiger partial charge < -0.3 is 15.7 Å². The molecule has 0 fully saturated rings. The average Bonchev–Trinajstić information content (AvgIpc) is 3.36. The van der Waals surface area contributed by atoms with Crippen LogP contribution in [-0.4, -0.2) is 51.3 Å². The highest BCUT2D eigenvalue weighted by atomic mass is 19.1. The molecule has 200 valence electrons. The van der Waals surface area contributed by atoms with Crippen LogP contribution in [0.15, 0.2) is 77.2 Å². The summed E-state index contributed by atoms with van der Waals surface area (Å²) in [5.41, 5.74) is 12.2. The molecule has 3 atom stereocenters. The van der Waals surface area contributed by atoms with Crippen molar-refractivity contribution in [3.05, 3.63) is 101 Å². The highest BCUT2D eigenvalue weighted by Crippen LogP contribution is 2.19. The van der Waals surface area contributed by atoms with Crippen LogP contribution in [0.3, 0.4) is 0 Å². The van der Waals surface area contributed by atoms with Gasteiger partial charge in [0, 0.05) is 31.4 Å². The zero-order valence-corrected chi connectivity index (χ0v) is 21.0. The van der Waals surface area contributed by atoms with E-state index in [2.05, 4.69) is 20.7 Å². The van der Waals surface area contributed by atoms with Crippen LogP contribution in [0.1, 0.15) is 35.5 Å². The molecule has 4 N–H and O–H groups in total. The normalized spacial score (nSPS) is 16.4. The Hall–Kier alpha value is -3.80. The summed E-state index contributed by atoms with van der Waals surface area (Å²) >= 11 is 0. The number of rotatable bonds is 11. The number of aliphatic hydroxyl groups excluding tert-OH is 1. The minimum absolute atomic E-state index is 0.0385.